The van der Waals surface area contributed by atoms with Crippen molar-refractivity contribution in [3.8, 4) is 28.7 Å². The van der Waals surface area contributed by atoms with Crippen molar-refractivity contribution >= 4 is 17.9 Å². The Morgan fingerprint density at radius 2 is 1.57 bits per heavy atom. The monoisotopic (exact) mass is 666 g/mol. The van der Waals surface area contributed by atoms with Gasteiger partial charge in [-0.2, -0.15) is 0 Å². The number of carbonyl (C=O) groups excluding carboxylic acids is 1. The number of aliphatic hydroxyl groups is 1. The minimum Gasteiger partial charge on any atom is -0.497 e. The highest BCUT2D eigenvalue weighted by Gasteiger charge is 2.52. The van der Waals surface area contributed by atoms with Gasteiger partial charge in [0.1, 0.15) is 28.7 Å². The summed E-state index contributed by atoms with van der Waals surface area (Å²) in [5, 5.41) is 12.2. The molecule has 2 N–H and O–H groups in total. The van der Waals surface area contributed by atoms with Crippen molar-refractivity contribution in [2.24, 2.45) is 4.99 Å². The molecule has 0 spiro atoms. The number of rotatable bonds is 16. The third-order valence-corrected chi connectivity index (χ3v) is 8.21. The number of carbonyl (C=O) groups is 1. The molecule has 1 aliphatic rings. The second kappa shape index (κ2) is 16.6. The van der Waals surface area contributed by atoms with E-state index >= 15 is 0 Å². The first-order valence-corrected chi connectivity index (χ1v) is 16.0. The van der Waals surface area contributed by atoms with E-state index in [1.165, 1.54) is 0 Å². The highest BCUT2D eigenvalue weighted by atomic mass is 16.5. The van der Waals surface area contributed by atoms with Crippen molar-refractivity contribution in [1.29, 1.82) is 0 Å². The summed E-state index contributed by atoms with van der Waals surface area (Å²) >= 11 is 0. The zero-order valence-corrected chi connectivity index (χ0v) is 28.2. The summed E-state index contributed by atoms with van der Waals surface area (Å²) in [5.74, 6) is 2.82. The van der Waals surface area contributed by atoms with Crippen LogP contribution in [0.1, 0.15) is 41.2 Å². The zero-order chi connectivity index (χ0) is 34.6. The molecule has 1 amide bonds. The maximum Gasteiger partial charge on any atom is 0.252 e. The van der Waals surface area contributed by atoms with E-state index in [0.29, 0.717) is 58.8 Å². The van der Waals surface area contributed by atoms with E-state index in [0.717, 1.165) is 11.1 Å². The van der Waals surface area contributed by atoms with Crippen molar-refractivity contribution in [1.82, 2.24) is 5.32 Å². The van der Waals surface area contributed by atoms with Crippen LogP contribution >= 0.6 is 0 Å². The first-order chi connectivity index (χ1) is 23.9. The maximum atomic E-state index is 14.7. The van der Waals surface area contributed by atoms with Crippen LogP contribution in [0.3, 0.4) is 0 Å². The average Bonchev–Trinajstić information content (AvgIpc) is 3.55. The SMILES string of the molecule is COc1cccc([C@H]2OC(c3ccc(OCCCO)cc3)=N[C@@]2(C/C=C/c2ccccc2)C(=O)NCc2c(OC)cc(OC)cc2OC)c1. The van der Waals surface area contributed by atoms with Gasteiger partial charge in [-0.3, -0.25) is 4.79 Å². The van der Waals surface area contributed by atoms with E-state index in [1.807, 2.05) is 91.0 Å². The number of ether oxygens (including phenoxy) is 6. The van der Waals surface area contributed by atoms with Gasteiger partial charge in [-0.1, -0.05) is 54.6 Å². The van der Waals surface area contributed by atoms with Crippen molar-refractivity contribution in [2.75, 3.05) is 41.7 Å². The van der Waals surface area contributed by atoms with Crippen LogP contribution in [0.5, 0.6) is 28.7 Å². The predicted octanol–water partition coefficient (Wildman–Crippen LogP) is 6.16. The second-order valence-electron chi connectivity index (χ2n) is 11.3. The number of hydrogen-bond acceptors (Lipinski definition) is 9. The third-order valence-electron chi connectivity index (χ3n) is 8.21. The van der Waals surface area contributed by atoms with E-state index in [4.69, 9.17) is 38.5 Å². The molecule has 0 saturated carbocycles. The Hall–Kier alpha value is -5.48. The molecule has 0 radical (unpaired) electrons. The molecule has 0 fully saturated rings. The topological polar surface area (TPSA) is 117 Å². The molecule has 1 aliphatic heterocycles. The van der Waals surface area contributed by atoms with Crippen LogP contribution in [0, 0.1) is 0 Å². The number of amides is 1. The lowest BCUT2D eigenvalue weighted by Gasteiger charge is -2.30. The molecule has 2 atom stereocenters. The third kappa shape index (κ3) is 8.16. The second-order valence-corrected chi connectivity index (χ2v) is 11.3. The standard InChI is InChI=1S/C39H42N2O8/c1-44-31-15-8-14-29(23-31)36-39(20-9-13-27-11-6-5-7-12-27,41-37(49-36)28-16-18-30(19-17-28)48-22-10-21-42)38(43)40-26-33-34(46-3)24-32(45-2)25-35(33)47-4/h5-9,11-19,23-25,36,42H,10,20-22,26H2,1-4H3,(H,40,43)/b13-9+/t36-,39-/m1/s1. The van der Waals surface area contributed by atoms with Crippen LogP contribution in [-0.4, -0.2) is 64.1 Å². The Labute approximate surface area is 286 Å². The van der Waals surface area contributed by atoms with Gasteiger partial charge in [0, 0.05) is 37.1 Å². The van der Waals surface area contributed by atoms with Crippen LogP contribution in [0.4, 0.5) is 0 Å². The van der Waals surface area contributed by atoms with E-state index in [9.17, 15) is 4.79 Å². The minimum absolute atomic E-state index is 0.0509. The Kier molecular flexibility index (Phi) is 11.8. The fraction of sp³-hybridized carbons (Fsp3) is 0.282. The van der Waals surface area contributed by atoms with E-state index in [1.54, 1.807) is 40.6 Å². The lowest BCUT2D eigenvalue weighted by atomic mass is 9.84. The van der Waals surface area contributed by atoms with Crippen LogP contribution in [0.15, 0.2) is 102 Å². The van der Waals surface area contributed by atoms with Gasteiger partial charge in [-0.15, -0.1) is 0 Å². The summed E-state index contributed by atoms with van der Waals surface area (Å²) in [6, 6.07) is 28.1. The summed E-state index contributed by atoms with van der Waals surface area (Å²) in [4.78, 5) is 19.8. The molecule has 10 nitrogen and oxygen atoms in total. The van der Waals surface area contributed by atoms with Crippen molar-refractivity contribution in [3.05, 3.63) is 119 Å². The summed E-state index contributed by atoms with van der Waals surface area (Å²) < 4.78 is 34.6. The Balaban J connectivity index is 1.57. The minimum atomic E-state index is -1.42. The molecule has 0 saturated heterocycles. The number of methoxy groups -OCH3 is 4. The summed E-state index contributed by atoms with van der Waals surface area (Å²) in [5.41, 5.74) is 1.62. The normalized spacial score (nSPS) is 16.8. The summed E-state index contributed by atoms with van der Waals surface area (Å²) in [6.45, 7) is 0.538. The van der Waals surface area contributed by atoms with Crippen LogP contribution in [0.25, 0.3) is 6.08 Å². The molecule has 4 aromatic rings. The van der Waals surface area contributed by atoms with Gasteiger partial charge in [0.15, 0.2) is 11.6 Å². The van der Waals surface area contributed by atoms with Gasteiger partial charge in [-0.25, -0.2) is 4.99 Å². The Morgan fingerprint density at radius 1 is 0.857 bits per heavy atom. The van der Waals surface area contributed by atoms with Crippen LogP contribution in [-0.2, 0) is 16.1 Å². The van der Waals surface area contributed by atoms with Crippen LogP contribution in [0.2, 0.25) is 0 Å². The van der Waals surface area contributed by atoms with Gasteiger partial charge in [-0.05, 0) is 47.5 Å². The Bertz CT molecular complexity index is 1730. The molecule has 0 aliphatic carbocycles. The highest BCUT2D eigenvalue weighted by Crippen LogP contribution is 2.44. The van der Waals surface area contributed by atoms with Crippen molar-refractivity contribution < 1.29 is 38.3 Å². The molecular weight excluding hydrogens is 624 g/mol. The van der Waals surface area contributed by atoms with Gasteiger partial charge in [0.05, 0.1) is 47.2 Å². The number of hydrogen-bond donors (Lipinski definition) is 2. The molecule has 0 aromatic heterocycles. The molecule has 1 heterocycles. The molecule has 10 heteroatoms. The first kappa shape index (κ1) is 34.8. The average molecular weight is 667 g/mol. The van der Waals surface area contributed by atoms with E-state index < -0.39 is 11.6 Å². The fourth-order valence-electron chi connectivity index (χ4n) is 5.63. The molecule has 256 valence electrons. The number of nitrogens with zero attached hydrogens (tertiary/aromatic N) is 1. The molecule has 5 rings (SSSR count). The molecule has 4 aromatic carbocycles. The highest BCUT2D eigenvalue weighted by molar-refractivity contribution is 6.01. The Morgan fingerprint density at radius 3 is 2.22 bits per heavy atom. The summed E-state index contributed by atoms with van der Waals surface area (Å²) in [6.07, 6.45) is 3.86. The number of aliphatic imine (C=N–C) groups is 1. The van der Waals surface area contributed by atoms with Gasteiger partial charge in [0.25, 0.3) is 5.91 Å². The number of aliphatic hydroxyl groups excluding tert-OH is 1. The van der Waals surface area contributed by atoms with E-state index in [2.05, 4.69) is 5.32 Å². The quantitative estimate of drug-likeness (QED) is 0.137. The molecular formula is C39H42N2O8. The molecule has 49 heavy (non-hydrogen) atoms. The number of nitrogens with one attached hydrogen (secondary N) is 1. The largest absolute Gasteiger partial charge is 0.497 e. The lowest BCUT2D eigenvalue weighted by Crippen LogP contribution is -2.47. The molecule has 0 bridgehead atoms. The fourth-order valence-corrected chi connectivity index (χ4v) is 5.63. The number of benzene rings is 4. The van der Waals surface area contributed by atoms with Crippen molar-refractivity contribution in [3.63, 3.8) is 0 Å². The van der Waals surface area contributed by atoms with Gasteiger partial charge in [0.2, 0.25) is 5.90 Å². The van der Waals surface area contributed by atoms with Crippen LogP contribution < -0.4 is 29.0 Å². The van der Waals surface area contributed by atoms with Gasteiger partial charge < -0.3 is 38.8 Å². The van der Waals surface area contributed by atoms with Gasteiger partial charge >= 0.3 is 0 Å². The summed E-state index contributed by atoms with van der Waals surface area (Å²) in [7, 11) is 6.27. The zero-order valence-electron chi connectivity index (χ0n) is 28.2. The van der Waals surface area contributed by atoms with E-state index in [-0.39, 0.29) is 25.5 Å². The predicted molar refractivity (Wildman–Crippen MR) is 188 cm³/mol. The van der Waals surface area contributed by atoms with Crippen molar-refractivity contribution in [2.45, 2.75) is 31.0 Å². The smallest absolute Gasteiger partial charge is 0.252 e. The lowest BCUT2D eigenvalue weighted by molar-refractivity contribution is -0.129. The maximum absolute atomic E-state index is 14.7. The first-order valence-electron chi connectivity index (χ1n) is 16.0. The molecule has 0 unspecified atom stereocenters.